The van der Waals surface area contributed by atoms with E-state index < -0.39 is 0 Å². The molecule has 0 bridgehead atoms. The van der Waals surface area contributed by atoms with Crippen LogP contribution in [-0.4, -0.2) is 0 Å². The number of benzene rings is 1. The molecule has 1 rings (SSSR count). The summed E-state index contributed by atoms with van der Waals surface area (Å²) in [6.45, 7) is 0. The maximum atomic E-state index is 12.9. The number of halogens is 3. The molecule has 0 saturated heterocycles. The van der Waals surface area contributed by atoms with Gasteiger partial charge in [-0.25, -0.2) is 4.39 Å². The van der Waals surface area contributed by atoms with Crippen LogP contribution in [-0.2, 0) is 0 Å². The van der Waals surface area contributed by atoms with E-state index in [-0.39, 0.29) is 5.82 Å². The minimum Gasteiger partial charge on any atom is -0.206 e. The maximum Gasteiger partial charge on any atom is 0.138 e. The van der Waals surface area contributed by atoms with Crippen molar-refractivity contribution in [2.45, 2.75) is 0 Å². The summed E-state index contributed by atoms with van der Waals surface area (Å²) in [6, 6.07) is 4.32. The third-order valence-corrected chi connectivity index (χ3v) is 2.23. The van der Waals surface area contributed by atoms with Gasteiger partial charge in [0.1, 0.15) is 5.82 Å². The molecular weight excluding hydrogens is 310 g/mol. The summed E-state index contributed by atoms with van der Waals surface area (Å²) in [5.41, 5.74) is 0.340. The van der Waals surface area contributed by atoms with Crippen LogP contribution in [0.15, 0.2) is 18.2 Å². The first-order chi connectivity index (χ1) is 5.74. The van der Waals surface area contributed by atoms with E-state index in [1.165, 1.54) is 27.1 Å². The molecule has 1 aromatic rings. The SMILES string of the molecule is Fc1ccc(Cl)cc1C#CSI. The Kier molecular flexibility index (Phi) is 4.19. The fourth-order valence-electron chi connectivity index (χ4n) is 0.668. The highest BCUT2D eigenvalue weighted by Gasteiger charge is 1.98. The van der Waals surface area contributed by atoms with Crippen molar-refractivity contribution in [3.05, 3.63) is 34.6 Å². The van der Waals surface area contributed by atoms with E-state index in [9.17, 15) is 4.39 Å². The van der Waals surface area contributed by atoms with Crippen LogP contribution < -0.4 is 0 Å². The molecule has 4 heteroatoms. The van der Waals surface area contributed by atoms with Gasteiger partial charge in [0, 0.05) is 26.2 Å². The van der Waals surface area contributed by atoms with Gasteiger partial charge in [-0.05, 0) is 32.4 Å². The van der Waals surface area contributed by atoms with E-state index >= 15 is 0 Å². The molecule has 0 spiro atoms. The van der Waals surface area contributed by atoms with Gasteiger partial charge in [0.2, 0.25) is 0 Å². The Morgan fingerprint density at radius 3 is 2.92 bits per heavy atom. The summed E-state index contributed by atoms with van der Waals surface area (Å²) >= 11 is 7.67. The molecule has 0 aromatic heterocycles. The smallest absolute Gasteiger partial charge is 0.138 e. The standard InChI is InChI=1S/C8H3ClFIS/c9-7-1-2-8(10)6(5-7)3-4-12-11/h1-2,5H. The first-order valence-corrected chi connectivity index (χ1v) is 6.71. The lowest BCUT2D eigenvalue weighted by molar-refractivity contribution is 0.624. The van der Waals surface area contributed by atoms with Crippen molar-refractivity contribution in [3.8, 4) is 11.2 Å². The van der Waals surface area contributed by atoms with E-state index in [2.05, 4.69) is 11.2 Å². The van der Waals surface area contributed by atoms with Gasteiger partial charge in [-0.3, -0.25) is 0 Å². The minimum absolute atomic E-state index is 0.336. The van der Waals surface area contributed by atoms with E-state index in [1.54, 1.807) is 0 Å². The Morgan fingerprint density at radius 1 is 1.50 bits per heavy atom. The van der Waals surface area contributed by atoms with Crippen LogP contribution in [0, 0.1) is 17.0 Å². The molecule has 0 amide bonds. The summed E-state index contributed by atoms with van der Waals surface area (Å²) in [4.78, 5) is 0. The van der Waals surface area contributed by atoms with Crippen LogP contribution in [0.2, 0.25) is 5.02 Å². The highest BCUT2D eigenvalue weighted by molar-refractivity contribution is 14.2. The van der Waals surface area contributed by atoms with Crippen molar-refractivity contribution >= 4 is 41.7 Å². The van der Waals surface area contributed by atoms with Gasteiger partial charge in [-0.15, -0.1) is 0 Å². The van der Waals surface area contributed by atoms with E-state index in [0.29, 0.717) is 10.6 Å². The van der Waals surface area contributed by atoms with Crippen molar-refractivity contribution in [1.29, 1.82) is 0 Å². The minimum atomic E-state index is -0.336. The van der Waals surface area contributed by atoms with E-state index in [0.717, 1.165) is 0 Å². The molecule has 0 radical (unpaired) electrons. The largest absolute Gasteiger partial charge is 0.206 e. The Bertz CT molecular complexity index is 343. The molecule has 1 aromatic carbocycles. The lowest BCUT2D eigenvalue weighted by Gasteiger charge is -1.93. The quantitative estimate of drug-likeness (QED) is 0.517. The van der Waals surface area contributed by atoms with Crippen molar-refractivity contribution < 1.29 is 4.39 Å². The normalized spacial score (nSPS) is 8.92. The van der Waals surface area contributed by atoms with E-state index in [1.807, 2.05) is 21.2 Å². The van der Waals surface area contributed by atoms with Crippen molar-refractivity contribution in [1.82, 2.24) is 0 Å². The Morgan fingerprint density at radius 2 is 2.25 bits per heavy atom. The molecule has 0 heterocycles. The van der Waals surface area contributed by atoms with Gasteiger partial charge in [-0.1, -0.05) is 17.5 Å². The van der Waals surface area contributed by atoms with Crippen LogP contribution in [0.1, 0.15) is 5.56 Å². The van der Waals surface area contributed by atoms with Gasteiger partial charge < -0.3 is 0 Å². The van der Waals surface area contributed by atoms with Crippen LogP contribution in [0.5, 0.6) is 0 Å². The van der Waals surface area contributed by atoms with Gasteiger partial charge in [-0.2, -0.15) is 0 Å². The Labute approximate surface area is 91.5 Å². The number of hydrogen-bond acceptors (Lipinski definition) is 1. The molecule has 0 aliphatic heterocycles. The monoisotopic (exact) mass is 312 g/mol. The van der Waals surface area contributed by atoms with Crippen LogP contribution >= 0.6 is 41.7 Å². The van der Waals surface area contributed by atoms with Crippen molar-refractivity contribution in [2.24, 2.45) is 0 Å². The van der Waals surface area contributed by atoms with Crippen molar-refractivity contribution in [2.75, 3.05) is 0 Å². The topological polar surface area (TPSA) is 0 Å². The second-order valence-electron chi connectivity index (χ2n) is 1.93. The fraction of sp³-hybridized carbons (Fsp3) is 0. The van der Waals surface area contributed by atoms with E-state index in [4.69, 9.17) is 11.6 Å². The number of rotatable bonds is 0. The third-order valence-electron chi connectivity index (χ3n) is 1.15. The zero-order valence-corrected chi connectivity index (χ0v) is 9.50. The first-order valence-electron chi connectivity index (χ1n) is 2.97. The lowest BCUT2D eigenvalue weighted by atomic mass is 10.2. The zero-order valence-electron chi connectivity index (χ0n) is 5.77. The second kappa shape index (κ2) is 4.95. The first kappa shape index (κ1) is 10.2. The highest BCUT2D eigenvalue weighted by Crippen LogP contribution is 2.15. The predicted octanol–water partition coefficient (Wildman–Crippen LogP) is 3.87. The molecule has 12 heavy (non-hydrogen) atoms. The summed E-state index contributed by atoms with van der Waals surface area (Å²) in [7, 11) is 1.31. The summed E-state index contributed by atoms with van der Waals surface area (Å²) in [5, 5.41) is 3.19. The molecule has 0 aliphatic carbocycles. The lowest BCUT2D eigenvalue weighted by Crippen LogP contribution is -1.81. The average molecular weight is 313 g/mol. The summed E-state index contributed by atoms with van der Waals surface area (Å²) in [5.74, 6) is 2.31. The molecule has 0 fully saturated rings. The third kappa shape index (κ3) is 2.85. The van der Waals surface area contributed by atoms with Crippen LogP contribution in [0.25, 0.3) is 0 Å². The van der Waals surface area contributed by atoms with Crippen LogP contribution in [0.3, 0.4) is 0 Å². The molecule has 0 unspecified atom stereocenters. The van der Waals surface area contributed by atoms with Gasteiger partial charge in [0.25, 0.3) is 0 Å². The van der Waals surface area contributed by atoms with Gasteiger partial charge >= 0.3 is 0 Å². The molecule has 0 aliphatic rings. The zero-order chi connectivity index (χ0) is 8.97. The Balaban J connectivity index is 3.05. The molecule has 0 nitrogen and oxygen atoms in total. The predicted molar refractivity (Wildman–Crippen MR) is 59.9 cm³/mol. The van der Waals surface area contributed by atoms with Crippen LogP contribution in [0.4, 0.5) is 4.39 Å². The molecule has 0 N–H and O–H groups in total. The maximum absolute atomic E-state index is 12.9. The molecule has 0 saturated carbocycles. The molecule has 0 atom stereocenters. The molecular formula is C8H3ClFIS. The fourth-order valence-corrected chi connectivity index (χ4v) is 1.32. The molecule has 62 valence electrons. The highest BCUT2D eigenvalue weighted by atomic mass is 127. The second-order valence-corrected chi connectivity index (χ2v) is 4.04. The average Bonchev–Trinajstić information content (AvgIpc) is 2.07. The van der Waals surface area contributed by atoms with Gasteiger partial charge in [0.05, 0.1) is 5.56 Å². The summed E-state index contributed by atoms with van der Waals surface area (Å²) in [6.07, 6.45) is 0. The summed E-state index contributed by atoms with van der Waals surface area (Å²) < 4.78 is 12.9. The Hall–Kier alpha value is 0.0800. The van der Waals surface area contributed by atoms with Gasteiger partial charge in [0.15, 0.2) is 0 Å². The van der Waals surface area contributed by atoms with Crippen molar-refractivity contribution in [3.63, 3.8) is 0 Å². The number of hydrogen-bond donors (Lipinski definition) is 0.